The zero-order chi connectivity index (χ0) is 14.1. The fraction of sp³-hybridized carbons (Fsp3) is 0. The maximum Gasteiger partial charge on any atom is 0.216 e. The highest BCUT2D eigenvalue weighted by molar-refractivity contribution is 7.97. The molecular formula is C16H11NO2S. The van der Waals surface area contributed by atoms with E-state index in [2.05, 4.69) is 12.6 Å². The molecule has 0 radical (unpaired) electrons. The Morgan fingerprint density at radius 1 is 0.900 bits per heavy atom. The molecule has 3 rings (SSSR count). The topological polar surface area (TPSA) is 38.5 Å². The second-order valence-electron chi connectivity index (χ2n) is 4.43. The van der Waals surface area contributed by atoms with E-state index >= 15 is 0 Å². The Balaban J connectivity index is 2.22. The molecule has 4 heteroatoms. The summed E-state index contributed by atoms with van der Waals surface area (Å²) in [5.41, 5.74) is 2.25. The van der Waals surface area contributed by atoms with Crippen LogP contribution in [0.25, 0.3) is 5.52 Å². The molecule has 2 heterocycles. The summed E-state index contributed by atoms with van der Waals surface area (Å²) in [5, 5.41) is -0.351. The maximum absolute atomic E-state index is 12.6. The van der Waals surface area contributed by atoms with Gasteiger partial charge in [0.25, 0.3) is 0 Å². The first-order chi connectivity index (χ1) is 9.66. The molecule has 0 aliphatic heterocycles. The van der Waals surface area contributed by atoms with E-state index in [1.54, 1.807) is 34.9 Å². The van der Waals surface area contributed by atoms with Crippen LogP contribution in [0.4, 0.5) is 0 Å². The number of ketones is 1. The van der Waals surface area contributed by atoms with Crippen LogP contribution in [0, 0.1) is 0 Å². The summed E-state index contributed by atoms with van der Waals surface area (Å²) in [6, 6.07) is 16.0. The first kappa shape index (κ1) is 12.7. The van der Waals surface area contributed by atoms with E-state index < -0.39 is 0 Å². The average Bonchev–Trinajstić information content (AvgIpc) is 2.94. The zero-order valence-electron chi connectivity index (χ0n) is 10.5. The van der Waals surface area contributed by atoms with Gasteiger partial charge >= 0.3 is 0 Å². The molecule has 0 bridgehead atoms. The van der Waals surface area contributed by atoms with Crippen molar-refractivity contribution in [1.29, 1.82) is 0 Å². The minimum absolute atomic E-state index is 0.122. The molecule has 0 saturated carbocycles. The Hall–Kier alpha value is -2.33. The highest BCUT2D eigenvalue weighted by Crippen LogP contribution is 2.17. The molecule has 0 saturated heterocycles. The van der Waals surface area contributed by atoms with Crippen LogP contribution in [-0.4, -0.2) is 15.3 Å². The van der Waals surface area contributed by atoms with Gasteiger partial charge in [0.1, 0.15) is 0 Å². The summed E-state index contributed by atoms with van der Waals surface area (Å²) in [7, 11) is 0. The van der Waals surface area contributed by atoms with E-state index in [1.165, 1.54) is 0 Å². The minimum atomic E-state index is -0.351. The largest absolute Gasteiger partial charge is 0.314 e. The summed E-state index contributed by atoms with van der Waals surface area (Å²) in [6.07, 6.45) is 1.80. The van der Waals surface area contributed by atoms with Crippen molar-refractivity contribution in [3.05, 3.63) is 77.6 Å². The second-order valence-corrected chi connectivity index (χ2v) is 4.84. The third kappa shape index (κ3) is 2.14. The van der Waals surface area contributed by atoms with Crippen molar-refractivity contribution in [3.63, 3.8) is 0 Å². The molecule has 98 valence electrons. The van der Waals surface area contributed by atoms with Gasteiger partial charge in [-0.15, -0.1) is 12.6 Å². The van der Waals surface area contributed by atoms with Crippen LogP contribution in [0.3, 0.4) is 0 Å². The van der Waals surface area contributed by atoms with Gasteiger partial charge in [-0.1, -0.05) is 30.3 Å². The van der Waals surface area contributed by atoms with Gasteiger partial charge in [-0.3, -0.25) is 9.59 Å². The van der Waals surface area contributed by atoms with Crippen molar-refractivity contribution in [3.8, 4) is 0 Å². The Kier molecular flexibility index (Phi) is 3.16. The molecule has 0 amide bonds. The van der Waals surface area contributed by atoms with Gasteiger partial charge in [0.15, 0.2) is 0 Å². The van der Waals surface area contributed by atoms with E-state index in [1.807, 2.05) is 30.3 Å². The van der Waals surface area contributed by atoms with E-state index in [9.17, 15) is 9.59 Å². The number of nitrogens with zero attached hydrogens (tertiary/aromatic N) is 1. The van der Waals surface area contributed by atoms with E-state index in [0.717, 1.165) is 5.52 Å². The first-order valence-corrected chi connectivity index (χ1v) is 6.56. The van der Waals surface area contributed by atoms with Gasteiger partial charge in [-0.2, -0.15) is 0 Å². The molecule has 2 aromatic heterocycles. The quantitative estimate of drug-likeness (QED) is 0.591. The maximum atomic E-state index is 12.6. The number of hydrogen-bond acceptors (Lipinski definition) is 2. The number of thiol groups is 1. The van der Waals surface area contributed by atoms with Crippen molar-refractivity contribution in [2.24, 2.45) is 0 Å². The zero-order valence-corrected chi connectivity index (χ0v) is 11.4. The lowest BCUT2D eigenvalue weighted by Crippen LogP contribution is -2.09. The molecule has 0 N–H and O–H groups in total. The van der Waals surface area contributed by atoms with Crippen LogP contribution in [-0.2, 0) is 0 Å². The Morgan fingerprint density at radius 2 is 1.65 bits per heavy atom. The van der Waals surface area contributed by atoms with Crippen LogP contribution in [0.2, 0.25) is 0 Å². The van der Waals surface area contributed by atoms with Gasteiger partial charge in [0, 0.05) is 22.8 Å². The Morgan fingerprint density at radius 3 is 2.35 bits per heavy atom. The molecule has 20 heavy (non-hydrogen) atoms. The molecule has 0 fully saturated rings. The molecular weight excluding hydrogens is 270 g/mol. The van der Waals surface area contributed by atoms with Gasteiger partial charge in [-0.05, 0) is 24.3 Å². The molecule has 0 aliphatic carbocycles. The summed E-state index contributed by atoms with van der Waals surface area (Å²) >= 11 is 3.84. The number of hydrogen-bond donors (Lipinski definition) is 1. The highest BCUT2D eigenvalue weighted by atomic mass is 32.1. The van der Waals surface area contributed by atoms with E-state index in [-0.39, 0.29) is 10.9 Å². The minimum Gasteiger partial charge on any atom is -0.314 e. The number of pyridine rings is 1. The lowest BCUT2D eigenvalue weighted by atomic mass is 10.1. The predicted octanol–water partition coefficient (Wildman–Crippen LogP) is 3.24. The summed E-state index contributed by atoms with van der Waals surface area (Å²) in [5.74, 6) is -0.122. The number of fused-ring (bicyclic) bond motifs is 1. The van der Waals surface area contributed by atoms with Gasteiger partial charge in [0.05, 0.1) is 5.69 Å². The summed E-state index contributed by atoms with van der Waals surface area (Å²) in [4.78, 5) is 24.0. The van der Waals surface area contributed by atoms with Crippen molar-refractivity contribution >= 4 is 29.0 Å². The molecule has 0 spiro atoms. The fourth-order valence-corrected chi connectivity index (χ4v) is 2.31. The smallest absolute Gasteiger partial charge is 0.216 e. The van der Waals surface area contributed by atoms with Crippen molar-refractivity contribution in [2.75, 3.05) is 0 Å². The Labute approximate surface area is 121 Å². The third-order valence-electron chi connectivity index (χ3n) is 3.15. The third-order valence-corrected chi connectivity index (χ3v) is 3.41. The second kappa shape index (κ2) is 4.98. The highest BCUT2D eigenvalue weighted by Gasteiger charge is 2.15. The number of benzene rings is 1. The normalized spacial score (nSPS) is 10.7. The summed E-state index contributed by atoms with van der Waals surface area (Å²) < 4.78 is 1.77. The molecule has 3 aromatic rings. The molecule has 0 atom stereocenters. The predicted molar refractivity (Wildman–Crippen MR) is 80.6 cm³/mol. The number of rotatable bonds is 3. The number of carbonyl (C=O) groups is 2. The standard InChI is InChI=1S/C16H11NO2S/c18-15(11-5-2-1-3-6-11)14-10-12(16(19)20)9-13-7-4-8-17(13)14/h1-10H,(H,19,20). The number of carbonyl (C=O) groups excluding carboxylic acids is 2. The van der Waals surface area contributed by atoms with Crippen LogP contribution in [0.5, 0.6) is 0 Å². The monoisotopic (exact) mass is 281 g/mol. The number of aromatic nitrogens is 1. The SMILES string of the molecule is O=C(S)c1cc(C(=O)c2ccccc2)n2cccc2c1. The van der Waals surface area contributed by atoms with Gasteiger partial charge < -0.3 is 4.40 Å². The summed E-state index contributed by atoms with van der Waals surface area (Å²) in [6.45, 7) is 0. The average molecular weight is 281 g/mol. The van der Waals surface area contributed by atoms with E-state index in [0.29, 0.717) is 16.8 Å². The van der Waals surface area contributed by atoms with Gasteiger partial charge in [-0.25, -0.2) is 0 Å². The molecule has 1 aromatic carbocycles. The van der Waals surface area contributed by atoms with Crippen molar-refractivity contribution in [2.45, 2.75) is 0 Å². The molecule has 0 unspecified atom stereocenters. The fourth-order valence-electron chi connectivity index (χ4n) is 2.18. The van der Waals surface area contributed by atoms with Crippen molar-refractivity contribution < 1.29 is 9.59 Å². The molecule has 0 aliphatic rings. The lowest BCUT2D eigenvalue weighted by molar-refractivity contribution is 0.103. The van der Waals surface area contributed by atoms with Gasteiger partial charge in [0.2, 0.25) is 10.9 Å². The van der Waals surface area contributed by atoms with Crippen LogP contribution in [0.1, 0.15) is 26.4 Å². The van der Waals surface area contributed by atoms with Crippen LogP contribution < -0.4 is 0 Å². The first-order valence-electron chi connectivity index (χ1n) is 6.11. The van der Waals surface area contributed by atoms with Crippen LogP contribution >= 0.6 is 12.6 Å². The lowest BCUT2D eigenvalue weighted by Gasteiger charge is -2.07. The van der Waals surface area contributed by atoms with Crippen LogP contribution in [0.15, 0.2) is 60.8 Å². The molecule has 3 nitrogen and oxygen atoms in total. The van der Waals surface area contributed by atoms with Crippen molar-refractivity contribution in [1.82, 2.24) is 4.40 Å². The Bertz CT molecular complexity index is 806. The van der Waals surface area contributed by atoms with E-state index in [4.69, 9.17) is 0 Å².